The number of amides is 1. The largest absolute Gasteiger partial charge is 0.369 e. The van der Waals surface area contributed by atoms with Crippen LogP contribution in [-0.2, 0) is 9.53 Å². The fraction of sp³-hybridized carbons (Fsp3) is 0.917. The molecule has 0 spiro atoms. The molecule has 1 aliphatic rings. The Morgan fingerprint density at radius 3 is 2.50 bits per heavy atom. The van der Waals surface area contributed by atoms with Gasteiger partial charge in [0.25, 0.3) is 0 Å². The molecule has 0 aliphatic carbocycles. The number of rotatable bonds is 2. The summed E-state index contributed by atoms with van der Waals surface area (Å²) in [7, 11) is 0. The first kappa shape index (κ1) is 13.5. The summed E-state index contributed by atoms with van der Waals surface area (Å²) in [6, 6.07) is -0.402. The van der Waals surface area contributed by atoms with E-state index >= 15 is 0 Å². The van der Waals surface area contributed by atoms with Crippen LogP contribution in [0.5, 0.6) is 0 Å². The zero-order valence-electron chi connectivity index (χ0n) is 11.0. The van der Waals surface area contributed by atoms with E-state index in [2.05, 4.69) is 0 Å². The molecule has 1 heterocycles. The fourth-order valence-electron chi connectivity index (χ4n) is 2.12. The van der Waals surface area contributed by atoms with E-state index < -0.39 is 6.04 Å². The quantitative estimate of drug-likeness (QED) is 0.767. The Morgan fingerprint density at radius 1 is 1.50 bits per heavy atom. The van der Waals surface area contributed by atoms with Crippen LogP contribution in [0, 0.1) is 5.92 Å². The minimum atomic E-state index is -0.402. The summed E-state index contributed by atoms with van der Waals surface area (Å²) in [6.45, 7) is 11.2. The van der Waals surface area contributed by atoms with Crippen LogP contribution in [0.4, 0.5) is 0 Å². The van der Waals surface area contributed by atoms with Crippen LogP contribution in [0.25, 0.3) is 0 Å². The van der Waals surface area contributed by atoms with Crippen LogP contribution in [0.3, 0.4) is 0 Å². The molecule has 4 nitrogen and oxygen atoms in total. The molecule has 0 saturated carbocycles. The maximum Gasteiger partial charge on any atom is 0.239 e. The van der Waals surface area contributed by atoms with E-state index in [9.17, 15) is 4.79 Å². The summed E-state index contributed by atoms with van der Waals surface area (Å²) in [5.74, 6) is 0.215. The van der Waals surface area contributed by atoms with Crippen molar-refractivity contribution in [3.63, 3.8) is 0 Å². The van der Waals surface area contributed by atoms with Gasteiger partial charge in [-0.1, -0.05) is 13.8 Å². The second-order valence-electron chi connectivity index (χ2n) is 5.68. The van der Waals surface area contributed by atoms with Crippen LogP contribution < -0.4 is 5.73 Å². The number of morpholine rings is 1. The summed E-state index contributed by atoms with van der Waals surface area (Å²) >= 11 is 0. The molecule has 0 aromatic heterocycles. The molecule has 2 N–H and O–H groups in total. The Hall–Kier alpha value is -0.610. The van der Waals surface area contributed by atoms with Gasteiger partial charge in [-0.3, -0.25) is 4.79 Å². The van der Waals surface area contributed by atoms with Gasteiger partial charge >= 0.3 is 0 Å². The first-order valence-corrected chi connectivity index (χ1v) is 5.95. The second-order valence-corrected chi connectivity index (χ2v) is 5.68. The Balaban J connectivity index is 2.69. The summed E-state index contributed by atoms with van der Waals surface area (Å²) in [4.78, 5) is 14.0. The van der Waals surface area contributed by atoms with Gasteiger partial charge in [0.2, 0.25) is 5.91 Å². The molecule has 0 aromatic rings. The van der Waals surface area contributed by atoms with E-state index in [0.29, 0.717) is 13.1 Å². The minimum absolute atomic E-state index is 0.0400. The van der Waals surface area contributed by atoms with Gasteiger partial charge in [0, 0.05) is 13.1 Å². The van der Waals surface area contributed by atoms with Crippen LogP contribution in [0.1, 0.15) is 34.6 Å². The summed E-state index contributed by atoms with van der Waals surface area (Å²) in [5.41, 5.74) is 5.62. The monoisotopic (exact) mass is 228 g/mol. The number of carbonyl (C=O) groups excluding carboxylic acids is 1. The van der Waals surface area contributed by atoms with E-state index in [-0.39, 0.29) is 23.5 Å². The molecule has 1 rings (SSSR count). The third-order valence-corrected chi connectivity index (χ3v) is 2.88. The van der Waals surface area contributed by atoms with Gasteiger partial charge in [0.1, 0.15) is 0 Å². The van der Waals surface area contributed by atoms with Gasteiger partial charge < -0.3 is 15.4 Å². The van der Waals surface area contributed by atoms with Crippen LogP contribution in [-0.4, -0.2) is 41.6 Å². The molecule has 0 aromatic carbocycles. The summed E-state index contributed by atoms with van der Waals surface area (Å²) in [5, 5.41) is 0. The van der Waals surface area contributed by atoms with E-state index in [1.807, 2.05) is 39.5 Å². The third kappa shape index (κ3) is 3.19. The van der Waals surface area contributed by atoms with Crippen molar-refractivity contribution in [3.05, 3.63) is 0 Å². The molecule has 1 saturated heterocycles. The third-order valence-electron chi connectivity index (χ3n) is 2.88. The first-order chi connectivity index (χ1) is 7.23. The predicted molar refractivity (Wildman–Crippen MR) is 64.0 cm³/mol. The van der Waals surface area contributed by atoms with Gasteiger partial charge in [-0.25, -0.2) is 0 Å². The number of hydrogen-bond acceptors (Lipinski definition) is 3. The second kappa shape index (κ2) is 4.72. The zero-order valence-corrected chi connectivity index (χ0v) is 11.0. The Labute approximate surface area is 98.1 Å². The Kier molecular flexibility index (Phi) is 3.97. The van der Waals surface area contributed by atoms with E-state index in [4.69, 9.17) is 10.5 Å². The molecule has 4 heteroatoms. The van der Waals surface area contributed by atoms with E-state index in [1.54, 1.807) is 0 Å². The van der Waals surface area contributed by atoms with Gasteiger partial charge in [-0.2, -0.15) is 0 Å². The Morgan fingerprint density at radius 2 is 2.06 bits per heavy atom. The molecule has 1 fully saturated rings. The highest BCUT2D eigenvalue weighted by Gasteiger charge is 2.35. The van der Waals surface area contributed by atoms with Crippen LogP contribution in [0.15, 0.2) is 0 Å². The lowest BCUT2D eigenvalue weighted by Gasteiger charge is -2.42. The molecule has 94 valence electrons. The van der Waals surface area contributed by atoms with Crippen molar-refractivity contribution in [2.45, 2.75) is 52.4 Å². The lowest BCUT2D eigenvalue weighted by atomic mass is 10.0. The van der Waals surface area contributed by atoms with Gasteiger partial charge in [-0.15, -0.1) is 0 Å². The van der Waals surface area contributed by atoms with Crippen LogP contribution in [0.2, 0.25) is 0 Å². The Bertz CT molecular complexity index is 264. The number of carbonyl (C=O) groups is 1. The van der Waals surface area contributed by atoms with Crippen LogP contribution >= 0.6 is 0 Å². The standard InChI is InChI=1S/C12H24N2O2/c1-8(2)10(13)11(15)14-6-9(3)16-12(4,5)7-14/h8-10H,6-7,13H2,1-5H3/t9?,10-/m1/s1. The van der Waals surface area contributed by atoms with Crippen molar-refractivity contribution < 1.29 is 9.53 Å². The van der Waals surface area contributed by atoms with Crippen molar-refractivity contribution in [3.8, 4) is 0 Å². The van der Waals surface area contributed by atoms with E-state index in [0.717, 1.165) is 0 Å². The highest BCUT2D eigenvalue weighted by molar-refractivity contribution is 5.82. The molecule has 2 atom stereocenters. The van der Waals surface area contributed by atoms with Gasteiger partial charge in [0.05, 0.1) is 17.7 Å². The number of ether oxygens (including phenoxy) is 1. The maximum atomic E-state index is 12.1. The maximum absolute atomic E-state index is 12.1. The first-order valence-electron chi connectivity index (χ1n) is 5.95. The molecule has 1 aliphatic heterocycles. The summed E-state index contributed by atoms with van der Waals surface area (Å²) in [6.07, 6.45) is 0.0760. The van der Waals surface area contributed by atoms with E-state index in [1.165, 1.54) is 0 Å². The smallest absolute Gasteiger partial charge is 0.239 e. The fourth-order valence-corrected chi connectivity index (χ4v) is 2.12. The van der Waals surface area contributed by atoms with Gasteiger partial charge in [-0.05, 0) is 26.7 Å². The highest BCUT2D eigenvalue weighted by Crippen LogP contribution is 2.21. The number of hydrogen-bond donors (Lipinski definition) is 1. The molecule has 1 amide bonds. The molecular weight excluding hydrogens is 204 g/mol. The normalized spacial score (nSPS) is 26.9. The average molecular weight is 228 g/mol. The topological polar surface area (TPSA) is 55.6 Å². The number of nitrogens with zero attached hydrogens (tertiary/aromatic N) is 1. The predicted octanol–water partition coefficient (Wildman–Crippen LogP) is 0.996. The van der Waals surface area contributed by atoms with Gasteiger partial charge in [0.15, 0.2) is 0 Å². The SMILES string of the molecule is CC1CN(C(=O)[C@H](N)C(C)C)CC(C)(C)O1. The highest BCUT2D eigenvalue weighted by atomic mass is 16.5. The average Bonchev–Trinajstić information content (AvgIpc) is 2.12. The van der Waals surface area contributed by atoms with Crippen molar-refractivity contribution in [2.75, 3.05) is 13.1 Å². The molecule has 1 unspecified atom stereocenters. The summed E-state index contributed by atoms with van der Waals surface area (Å²) < 4.78 is 5.76. The molecular formula is C12H24N2O2. The van der Waals surface area contributed by atoms with Crippen molar-refractivity contribution in [1.82, 2.24) is 4.90 Å². The zero-order chi connectivity index (χ0) is 12.5. The van der Waals surface area contributed by atoms with Crippen molar-refractivity contribution in [1.29, 1.82) is 0 Å². The molecule has 0 radical (unpaired) electrons. The lowest BCUT2D eigenvalue weighted by molar-refractivity contribution is -0.159. The minimum Gasteiger partial charge on any atom is -0.369 e. The molecule has 0 bridgehead atoms. The number of nitrogens with two attached hydrogens (primary N) is 1. The lowest BCUT2D eigenvalue weighted by Crippen LogP contribution is -2.58. The van der Waals surface area contributed by atoms with Crippen molar-refractivity contribution in [2.24, 2.45) is 11.7 Å². The molecule has 16 heavy (non-hydrogen) atoms. The van der Waals surface area contributed by atoms with Crippen molar-refractivity contribution >= 4 is 5.91 Å².